The van der Waals surface area contributed by atoms with Crippen LogP contribution in [-0.2, 0) is 16.1 Å². The van der Waals surface area contributed by atoms with E-state index in [1.165, 1.54) is 6.07 Å². The van der Waals surface area contributed by atoms with Gasteiger partial charge >= 0.3 is 0 Å². The third-order valence-electron chi connectivity index (χ3n) is 4.92. The molecule has 2 fully saturated rings. The van der Waals surface area contributed by atoms with E-state index in [-0.39, 0.29) is 23.6 Å². The lowest BCUT2D eigenvalue weighted by Crippen LogP contribution is -2.40. The first-order valence-electron chi connectivity index (χ1n) is 8.82. The SMILES string of the molecule is CN(C)c1nc(CN(C)[C@H]2CCN(C(=O)[C@H]3CCCO3)C2)cc(=O)[nH]1. The number of likely N-dealkylation sites (tertiary alicyclic amines) is 1. The lowest BCUT2D eigenvalue weighted by molar-refractivity contribution is -0.140. The fourth-order valence-electron chi connectivity index (χ4n) is 3.45. The molecule has 0 aliphatic carbocycles. The van der Waals surface area contributed by atoms with E-state index in [4.69, 9.17) is 4.74 Å². The summed E-state index contributed by atoms with van der Waals surface area (Å²) < 4.78 is 5.51. The molecule has 8 nitrogen and oxygen atoms in total. The van der Waals surface area contributed by atoms with Crippen LogP contribution in [0.4, 0.5) is 5.95 Å². The lowest BCUT2D eigenvalue weighted by atomic mass is 10.2. The van der Waals surface area contributed by atoms with Crippen LogP contribution in [0.5, 0.6) is 0 Å². The van der Waals surface area contributed by atoms with E-state index < -0.39 is 0 Å². The van der Waals surface area contributed by atoms with Crippen molar-refractivity contribution in [3.63, 3.8) is 0 Å². The van der Waals surface area contributed by atoms with Crippen molar-refractivity contribution in [2.45, 2.75) is 38.0 Å². The number of ether oxygens (including phenoxy) is 1. The van der Waals surface area contributed by atoms with E-state index >= 15 is 0 Å². The summed E-state index contributed by atoms with van der Waals surface area (Å²) in [6.07, 6.45) is 2.48. The van der Waals surface area contributed by atoms with Crippen LogP contribution in [0.1, 0.15) is 25.0 Å². The molecule has 2 aliphatic heterocycles. The van der Waals surface area contributed by atoms with Crippen LogP contribution in [0.3, 0.4) is 0 Å². The van der Waals surface area contributed by atoms with Gasteiger partial charge in [-0.1, -0.05) is 0 Å². The molecule has 0 spiro atoms. The van der Waals surface area contributed by atoms with Crippen LogP contribution in [0.2, 0.25) is 0 Å². The Bertz CT molecular complexity index is 668. The molecule has 0 bridgehead atoms. The maximum absolute atomic E-state index is 12.5. The number of nitrogens with one attached hydrogen (secondary N) is 1. The third kappa shape index (κ3) is 4.19. The molecule has 2 saturated heterocycles. The Morgan fingerprint density at radius 2 is 2.20 bits per heavy atom. The number of hydrogen-bond donors (Lipinski definition) is 1. The van der Waals surface area contributed by atoms with Crippen molar-refractivity contribution in [1.82, 2.24) is 19.8 Å². The van der Waals surface area contributed by atoms with Crippen LogP contribution in [0.15, 0.2) is 10.9 Å². The quantitative estimate of drug-likeness (QED) is 0.809. The standard InChI is InChI=1S/C17H27N5O3/c1-20(2)17-18-12(9-15(23)19-17)10-21(3)13-6-7-22(11-13)16(24)14-5-4-8-25-14/h9,13-14H,4-8,10-11H2,1-3H3,(H,18,19,23)/t13-,14+/m0/s1. The van der Waals surface area contributed by atoms with E-state index in [0.717, 1.165) is 31.5 Å². The second kappa shape index (κ2) is 7.53. The Hall–Kier alpha value is -1.93. The molecule has 0 radical (unpaired) electrons. The number of anilines is 1. The number of aromatic amines is 1. The van der Waals surface area contributed by atoms with Crippen LogP contribution in [-0.4, -0.2) is 78.7 Å². The van der Waals surface area contributed by atoms with Gasteiger partial charge in [0.25, 0.3) is 11.5 Å². The smallest absolute Gasteiger partial charge is 0.252 e. The molecule has 138 valence electrons. The fraction of sp³-hybridized carbons (Fsp3) is 0.706. The second-order valence-electron chi connectivity index (χ2n) is 7.10. The number of amides is 1. The minimum Gasteiger partial charge on any atom is -0.368 e. The lowest BCUT2D eigenvalue weighted by Gasteiger charge is -2.25. The maximum atomic E-state index is 12.5. The van der Waals surface area contributed by atoms with Gasteiger partial charge in [-0.3, -0.25) is 19.5 Å². The minimum atomic E-state index is -0.249. The number of aromatic nitrogens is 2. The molecule has 3 rings (SSSR count). The Morgan fingerprint density at radius 1 is 1.40 bits per heavy atom. The Morgan fingerprint density at radius 3 is 2.88 bits per heavy atom. The third-order valence-corrected chi connectivity index (χ3v) is 4.92. The summed E-state index contributed by atoms with van der Waals surface area (Å²) in [6, 6.07) is 1.81. The van der Waals surface area contributed by atoms with Crippen molar-refractivity contribution in [2.75, 3.05) is 45.7 Å². The average Bonchev–Trinajstić information content (AvgIpc) is 3.25. The zero-order chi connectivity index (χ0) is 18.0. The number of likely N-dealkylation sites (N-methyl/N-ethyl adjacent to an activating group) is 1. The first-order chi connectivity index (χ1) is 11.9. The topological polar surface area (TPSA) is 81.8 Å². The molecule has 1 N–H and O–H groups in total. The van der Waals surface area contributed by atoms with Crippen LogP contribution in [0, 0.1) is 0 Å². The predicted molar refractivity (Wildman–Crippen MR) is 94.6 cm³/mol. The van der Waals surface area contributed by atoms with Crippen LogP contribution >= 0.6 is 0 Å². The van der Waals surface area contributed by atoms with Crippen LogP contribution < -0.4 is 10.5 Å². The van der Waals surface area contributed by atoms with Crippen molar-refractivity contribution < 1.29 is 9.53 Å². The molecular formula is C17H27N5O3. The number of carbonyl (C=O) groups excluding carboxylic acids is 1. The zero-order valence-electron chi connectivity index (χ0n) is 15.2. The van der Waals surface area contributed by atoms with Gasteiger partial charge in [0.1, 0.15) is 6.10 Å². The van der Waals surface area contributed by atoms with E-state index in [2.05, 4.69) is 14.9 Å². The van der Waals surface area contributed by atoms with Crippen molar-refractivity contribution in [1.29, 1.82) is 0 Å². The number of nitrogens with zero attached hydrogens (tertiary/aromatic N) is 4. The van der Waals surface area contributed by atoms with Crippen molar-refractivity contribution >= 4 is 11.9 Å². The van der Waals surface area contributed by atoms with E-state index in [1.807, 2.05) is 26.0 Å². The first kappa shape index (κ1) is 17.9. The highest BCUT2D eigenvalue weighted by molar-refractivity contribution is 5.81. The summed E-state index contributed by atoms with van der Waals surface area (Å²) in [5.41, 5.74) is 0.586. The first-order valence-corrected chi connectivity index (χ1v) is 8.82. The highest BCUT2D eigenvalue weighted by atomic mass is 16.5. The highest BCUT2D eigenvalue weighted by Gasteiger charge is 2.34. The summed E-state index contributed by atoms with van der Waals surface area (Å²) in [6.45, 7) is 2.74. The van der Waals surface area contributed by atoms with E-state index in [1.54, 1.807) is 4.90 Å². The van der Waals surface area contributed by atoms with E-state index in [9.17, 15) is 9.59 Å². The molecule has 2 atom stereocenters. The molecule has 25 heavy (non-hydrogen) atoms. The molecule has 2 aliphatic rings. The molecule has 0 saturated carbocycles. The largest absolute Gasteiger partial charge is 0.368 e. The fourth-order valence-corrected chi connectivity index (χ4v) is 3.45. The molecule has 0 aromatic carbocycles. The normalized spacial score (nSPS) is 23.4. The maximum Gasteiger partial charge on any atom is 0.252 e. The number of rotatable bonds is 5. The molecular weight excluding hydrogens is 322 g/mol. The summed E-state index contributed by atoms with van der Waals surface area (Å²) in [5, 5.41) is 0. The number of hydrogen-bond acceptors (Lipinski definition) is 6. The average molecular weight is 349 g/mol. The monoisotopic (exact) mass is 349 g/mol. The highest BCUT2D eigenvalue weighted by Crippen LogP contribution is 2.21. The Kier molecular flexibility index (Phi) is 5.39. The van der Waals surface area contributed by atoms with Crippen molar-refractivity contribution in [3.8, 4) is 0 Å². The number of carbonyl (C=O) groups is 1. The molecule has 0 unspecified atom stereocenters. The van der Waals surface area contributed by atoms with Gasteiger partial charge < -0.3 is 14.5 Å². The molecule has 1 amide bonds. The summed E-state index contributed by atoms with van der Waals surface area (Å²) >= 11 is 0. The van der Waals surface area contributed by atoms with Gasteiger partial charge in [0.05, 0.1) is 5.69 Å². The van der Waals surface area contributed by atoms with Crippen LogP contribution in [0.25, 0.3) is 0 Å². The predicted octanol–water partition coefficient (Wildman–Crippen LogP) is 0.0476. The molecule has 1 aromatic rings. The minimum absolute atomic E-state index is 0.123. The Labute approximate surface area is 147 Å². The van der Waals surface area contributed by atoms with Gasteiger partial charge in [-0.2, -0.15) is 0 Å². The zero-order valence-corrected chi connectivity index (χ0v) is 15.2. The molecule has 3 heterocycles. The van der Waals surface area contributed by atoms with E-state index in [0.29, 0.717) is 25.6 Å². The molecule has 8 heteroatoms. The van der Waals surface area contributed by atoms with Gasteiger partial charge in [-0.05, 0) is 26.3 Å². The summed E-state index contributed by atoms with van der Waals surface area (Å²) in [4.78, 5) is 37.3. The Balaban J connectivity index is 1.60. The van der Waals surface area contributed by atoms with Gasteiger partial charge in [0.2, 0.25) is 5.95 Å². The van der Waals surface area contributed by atoms with Gasteiger partial charge in [-0.25, -0.2) is 4.98 Å². The number of H-pyrrole nitrogens is 1. The van der Waals surface area contributed by atoms with Crippen molar-refractivity contribution in [3.05, 3.63) is 22.1 Å². The second-order valence-corrected chi connectivity index (χ2v) is 7.10. The van der Waals surface area contributed by atoms with Gasteiger partial charge in [0.15, 0.2) is 0 Å². The van der Waals surface area contributed by atoms with Gasteiger partial charge in [0, 0.05) is 52.4 Å². The summed E-state index contributed by atoms with van der Waals surface area (Å²) in [5.74, 6) is 0.676. The van der Waals surface area contributed by atoms with Gasteiger partial charge in [-0.15, -0.1) is 0 Å². The van der Waals surface area contributed by atoms with Crippen molar-refractivity contribution in [2.24, 2.45) is 0 Å². The summed E-state index contributed by atoms with van der Waals surface area (Å²) in [7, 11) is 5.71. The molecule has 1 aromatic heterocycles.